The third kappa shape index (κ3) is 3.74. The predicted octanol–water partition coefficient (Wildman–Crippen LogP) is 3.65. The molecule has 0 saturated carbocycles. The number of benzene rings is 1. The minimum atomic E-state index is -4.63. The normalized spacial score (nSPS) is 12.0. The number of amides is 1. The molecule has 5 nitrogen and oxygen atoms in total. The van der Waals surface area contributed by atoms with Gasteiger partial charge >= 0.3 is 6.18 Å². The molecule has 142 valence electrons. The molecule has 3 rings (SSSR count). The molecule has 0 unspecified atom stereocenters. The van der Waals surface area contributed by atoms with Crippen molar-refractivity contribution < 1.29 is 26.7 Å². The van der Waals surface area contributed by atoms with Crippen molar-refractivity contribution in [2.24, 2.45) is 7.05 Å². The number of aryl methyl sites for hydroxylation is 1. The second-order valence-electron chi connectivity index (χ2n) is 5.70. The molecule has 0 bridgehead atoms. The lowest BCUT2D eigenvalue weighted by atomic mass is 10.0. The summed E-state index contributed by atoms with van der Waals surface area (Å²) >= 11 is 0. The largest absolute Gasteiger partial charge is 0.417 e. The van der Waals surface area contributed by atoms with Crippen LogP contribution in [0, 0.1) is 0 Å². The van der Waals surface area contributed by atoms with Crippen molar-refractivity contribution in [2.45, 2.75) is 12.6 Å². The number of nitrogens with one attached hydrogen (secondary N) is 1. The van der Waals surface area contributed by atoms with Gasteiger partial charge in [0.1, 0.15) is 0 Å². The van der Waals surface area contributed by atoms with Crippen LogP contribution in [0.4, 0.5) is 22.0 Å². The second kappa shape index (κ2) is 6.93. The maximum absolute atomic E-state index is 13.3. The molecule has 3 aromatic rings. The lowest BCUT2D eigenvalue weighted by Gasteiger charge is -2.13. The van der Waals surface area contributed by atoms with Crippen LogP contribution in [0.3, 0.4) is 0 Å². The molecule has 0 radical (unpaired) electrons. The van der Waals surface area contributed by atoms with Crippen molar-refractivity contribution in [1.29, 1.82) is 0 Å². The maximum Gasteiger partial charge on any atom is 0.417 e. The summed E-state index contributed by atoms with van der Waals surface area (Å²) in [4.78, 5) is 16.5. The SMILES string of the molecule is Cn1ncc2c(C(=O)NCC(F)F)cc(-c3ccccc3C(F)(F)F)nc21. The van der Waals surface area contributed by atoms with Crippen LogP contribution >= 0.6 is 0 Å². The van der Waals surface area contributed by atoms with Gasteiger partial charge in [-0.05, 0) is 12.1 Å². The van der Waals surface area contributed by atoms with E-state index in [2.05, 4.69) is 10.1 Å². The third-order valence-electron chi connectivity index (χ3n) is 3.88. The number of pyridine rings is 1. The topological polar surface area (TPSA) is 59.8 Å². The number of fused-ring (bicyclic) bond motifs is 1. The van der Waals surface area contributed by atoms with Crippen molar-refractivity contribution >= 4 is 16.9 Å². The van der Waals surface area contributed by atoms with Gasteiger partial charge in [0, 0.05) is 12.6 Å². The van der Waals surface area contributed by atoms with E-state index in [0.29, 0.717) is 0 Å². The van der Waals surface area contributed by atoms with E-state index in [1.165, 1.54) is 36.1 Å². The van der Waals surface area contributed by atoms with Crippen LogP contribution in [0.5, 0.6) is 0 Å². The molecule has 0 aliphatic rings. The number of carbonyl (C=O) groups excluding carboxylic acids is 1. The molecule has 0 aliphatic heterocycles. The predicted molar refractivity (Wildman–Crippen MR) is 87.3 cm³/mol. The van der Waals surface area contributed by atoms with Crippen molar-refractivity contribution in [3.05, 3.63) is 47.7 Å². The standard InChI is InChI=1S/C17H13F5N4O/c1-26-15-11(7-24-26)10(16(27)23-8-14(18)19)6-13(25-15)9-4-2-3-5-12(9)17(20,21)22/h2-7,14H,8H2,1H3,(H,23,27). The van der Waals surface area contributed by atoms with Crippen LogP contribution in [-0.2, 0) is 13.2 Å². The summed E-state index contributed by atoms with van der Waals surface area (Å²) in [6.45, 7) is -0.878. The first-order valence-corrected chi connectivity index (χ1v) is 7.74. The second-order valence-corrected chi connectivity index (χ2v) is 5.70. The number of hydrogen-bond donors (Lipinski definition) is 1. The molecule has 0 saturated heterocycles. The van der Waals surface area contributed by atoms with Gasteiger partial charge in [-0.15, -0.1) is 0 Å². The minimum Gasteiger partial charge on any atom is -0.346 e. The Morgan fingerprint density at radius 3 is 2.63 bits per heavy atom. The van der Waals surface area contributed by atoms with Crippen LogP contribution < -0.4 is 5.32 Å². The molecule has 0 fully saturated rings. The number of hydrogen-bond acceptors (Lipinski definition) is 3. The van der Waals surface area contributed by atoms with E-state index < -0.39 is 30.6 Å². The zero-order chi connectivity index (χ0) is 19.8. The molecule has 0 atom stereocenters. The fourth-order valence-electron chi connectivity index (χ4n) is 2.66. The molecule has 10 heteroatoms. The Balaban J connectivity index is 2.19. The zero-order valence-corrected chi connectivity index (χ0v) is 13.9. The van der Waals surface area contributed by atoms with Crippen molar-refractivity contribution in [3.8, 4) is 11.3 Å². The Hall–Kier alpha value is -3.04. The van der Waals surface area contributed by atoms with E-state index in [1.807, 2.05) is 5.32 Å². The summed E-state index contributed by atoms with van der Waals surface area (Å²) in [5, 5.41) is 6.24. The van der Waals surface area contributed by atoms with Crippen molar-refractivity contribution in [2.75, 3.05) is 6.54 Å². The molecule has 1 amide bonds. The smallest absolute Gasteiger partial charge is 0.346 e. The fourth-order valence-corrected chi connectivity index (χ4v) is 2.66. The summed E-state index contributed by atoms with van der Waals surface area (Å²) in [6, 6.07) is 5.94. The van der Waals surface area contributed by atoms with Gasteiger partial charge in [-0.1, -0.05) is 18.2 Å². The number of carbonyl (C=O) groups is 1. The molecule has 27 heavy (non-hydrogen) atoms. The molecule has 2 aromatic heterocycles. The van der Waals surface area contributed by atoms with Crippen LogP contribution in [0.15, 0.2) is 36.5 Å². The van der Waals surface area contributed by atoms with E-state index in [-0.39, 0.29) is 27.9 Å². The Morgan fingerprint density at radius 1 is 1.26 bits per heavy atom. The zero-order valence-electron chi connectivity index (χ0n) is 13.9. The highest BCUT2D eigenvalue weighted by molar-refractivity contribution is 6.06. The van der Waals surface area contributed by atoms with E-state index in [1.54, 1.807) is 0 Å². The van der Waals surface area contributed by atoms with Crippen LogP contribution in [-0.4, -0.2) is 33.6 Å². The third-order valence-corrected chi connectivity index (χ3v) is 3.88. The van der Waals surface area contributed by atoms with E-state index >= 15 is 0 Å². The monoisotopic (exact) mass is 384 g/mol. The number of rotatable bonds is 4. The molecule has 1 aromatic carbocycles. The van der Waals surface area contributed by atoms with Gasteiger partial charge in [0.05, 0.1) is 34.9 Å². The highest BCUT2D eigenvalue weighted by Crippen LogP contribution is 2.37. The minimum absolute atomic E-state index is 0.0827. The quantitative estimate of drug-likeness (QED) is 0.699. The average molecular weight is 384 g/mol. The van der Waals surface area contributed by atoms with Gasteiger partial charge in [-0.3, -0.25) is 9.48 Å². The summed E-state index contributed by atoms with van der Waals surface area (Å²) in [5.74, 6) is -0.846. The summed E-state index contributed by atoms with van der Waals surface area (Å²) < 4.78 is 66.1. The molecular weight excluding hydrogens is 371 g/mol. The van der Waals surface area contributed by atoms with Crippen LogP contribution in [0.1, 0.15) is 15.9 Å². The summed E-state index contributed by atoms with van der Waals surface area (Å²) in [7, 11) is 1.51. The first-order chi connectivity index (χ1) is 12.7. The van der Waals surface area contributed by atoms with E-state index in [4.69, 9.17) is 0 Å². The van der Waals surface area contributed by atoms with Gasteiger partial charge in [0.25, 0.3) is 12.3 Å². The highest BCUT2D eigenvalue weighted by Gasteiger charge is 2.34. The van der Waals surface area contributed by atoms with Crippen molar-refractivity contribution in [1.82, 2.24) is 20.1 Å². The number of aromatic nitrogens is 3. The van der Waals surface area contributed by atoms with Crippen molar-refractivity contribution in [3.63, 3.8) is 0 Å². The molecule has 0 aliphatic carbocycles. The van der Waals surface area contributed by atoms with E-state index in [9.17, 15) is 26.7 Å². The molecule has 2 heterocycles. The number of halogens is 5. The van der Waals surface area contributed by atoms with Crippen LogP contribution in [0.25, 0.3) is 22.3 Å². The summed E-state index contributed by atoms with van der Waals surface area (Å²) in [6.07, 6.45) is -6.08. The number of alkyl halides is 5. The first-order valence-electron chi connectivity index (χ1n) is 7.74. The van der Waals surface area contributed by atoms with Gasteiger partial charge < -0.3 is 5.32 Å². The maximum atomic E-state index is 13.3. The lowest BCUT2D eigenvalue weighted by molar-refractivity contribution is -0.137. The average Bonchev–Trinajstić information content (AvgIpc) is 2.99. The number of nitrogens with zero attached hydrogens (tertiary/aromatic N) is 3. The Bertz CT molecular complexity index is 997. The van der Waals surface area contributed by atoms with Gasteiger partial charge in [0.2, 0.25) is 0 Å². The molecule has 1 N–H and O–H groups in total. The molecule has 0 spiro atoms. The fraction of sp³-hybridized carbons (Fsp3) is 0.235. The Morgan fingerprint density at radius 2 is 1.96 bits per heavy atom. The van der Waals surface area contributed by atoms with Gasteiger partial charge in [-0.2, -0.15) is 18.3 Å². The Kier molecular flexibility index (Phi) is 4.81. The Labute approximate surface area is 149 Å². The summed E-state index contributed by atoms with van der Waals surface area (Å²) in [5.41, 5.74) is -1.18. The van der Waals surface area contributed by atoms with Crippen LogP contribution in [0.2, 0.25) is 0 Å². The van der Waals surface area contributed by atoms with E-state index in [0.717, 1.165) is 12.1 Å². The molecular formula is C17H13F5N4O. The highest BCUT2D eigenvalue weighted by atomic mass is 19.4. The van der Waals surface area contributed by atoms with Gasteiger partial charge in [0.15, 0.2) is 5.65 Å². The first kappa shape index (κ1) is 18.7. The van der Waals surface area contributed by atoms with Gasteiger partial charge in [-0.25, -0.2) is 13.8 Å². The lowest BCUT2D eigenvalue weighted by Crippen LogP contribution is -2.28.